The number of rotatable bonds is 15. The van der Waals surface area contributed by atoms with Crippen molar-refractivity contribution in [3.05, 3.63) is 108 Å². The van der Waals surface area contributed by atoms with Crippen LogP contribution in [0.15, 0.2) is 91.0 Å². The molecular weight excluding hydrogens is 620 g/mol. The van der Waals surface area contributed by atoms with Gasteiger partial charge in [0, 0.05) is 36.3 Å². The third-order valence-electron chi connectivity index (χ3n) is 5.62. The normalized spacial score (nSPS) is 10.1. The molecule has 0 radical (unpaired) electrons. The van der Waals surface area contributed by atoms with Crippen LogP contribution in [0.4, 0.5) is 0 Å². The molecule has 0 saturated heterocycles. The summed E-state index contributed by atoms with van der Waals surface area (Å²) in [5, 5.41) is 7.30. The van der Waals surface area contributed by atoms with Crippen molar-refractivity contribution >= 4 is 0 Å². The average Bonchev–Trinajstić information content (AvgIpc) is 2.83. The summed E-state index contributed by atoms with van der Waals surface area (Å²) in [6.07, 6.45) is 0. The Balaban J connectivity index is 0.00000363. The topological polar surface area (TPSA) is 53.1 Å². The lowest BCUT2D eigenvalue weighted by Crippen LogP contribution is -3.00. The highest BCUT2D eigenvalue weighted by molar-refractivity contribution is 5.14. The van der Waals surface area contributed by atoms with E-state index in [2.05, 4.69) is 112 Å². The molecule has 0 amide bonds. The molecule has 0 spiro atoms. The van der Waals surface area contributed by atoms with Crippen LogP contribution >= 0.6 is 0 Å². The summed E-state index contributed by atoms with van der Waals surface area (Å²) >= 11 is 0. The second-order valence-corrected chi connectivity index (χ2v) is 8.14. The number of hydrogen-bond donors (Lipinski definition) is 3. The molecule has 0 atom stereocenters. The van der Waals surface area contributed by atoms with Crippen molar-refractivity contribution in [2.45, 2.75) is 19.6 Å². The molecule has 0 aromatic heterocycles. The molecule has 0 saturated carbocycles. The Hall–Kier alpha value is -1.06. The Morgan fingerprint density at radius 2 is 0.676 bits per heavy atom. The number of hydrogen-bond acceptors (Lipinski definition) is 1. The number of nitrogens with zero attached hydrogens (tertiary/aromatic N) is 1. The molecule has 0 aliphatic rings. The highest BCUT2D eigenvalue weighted by Crippen LogP contribution is 1.96. The molecule has 3 rings (SSSR count). The maximum absolute atomic E-state index is 2.63. The molecule has 0 unspecified atom stereocenters. The first-order chi connectivity index (χ1) is 15.4. The summed E-state index contributed by atoms with van der Waals surface area (Å²) in [6, 6.07) is 32.3. The quantitative estimate of drug-likeness (QED) is 0.140. The first-order valence-corrected chi connectivity index (χ1v) is 11.7. The molecular formula is C27H39Br3N4. The molecule has 0 fully saturated rings. The van der Waals surface area contributed by atoms with Gasteiger partial charge in [0.25, 0.3) is 0 Å². The van der Waals surface area contributed by atoms with Gasteiger partial charge in [0.15, 0.2) is 0 Å². The Labute approximate surface area is 237 Å². The van der Waals surface area contributed by atoms with E-state index in [1.165, 1.54) is 16.7 Å². The Morgan fingerprint density at radius 1 is 0.412 bits per heavy atom. The number of benzene rings is 3. The lowest BCUT2D eigenvalue weighted by Gasteiger charge is -2.20. The molecule has 3 aromatic carbocycles. The molecule has 0 aliphatic heterocycles. The number of halogens is 3. The van der Waals surface area contributed by atoms with Gasteiger partial charge < -0.3 is 66.9 Å². The summed E-state index contributed by atoms with van der Waals surface area (Å²) < 4.78 is 0. The third-order valence-corrected chi connectivity index (χ3v) is 5.62. The lowest BCUT2D eigenvalue weighted by atomic mass is 10.2. The van der Waals surface area contributed by atoms with Gasteiger partial charge >= 0.3 is 0 Å². The van der Waals surface area contributed by atoms with Crippen molar-refractivity contribution in [1.29, 1.82) is 0 Å². The van der Waals surface area contributed by atoms with Gasteiger partial charge in [-0.15, -0.1) is 0 Å². The van der Waals surface area contributed by atoms with Crippen LogP contribution in [-0.2, 0) is 19.6 Å². The van der Waals surface area contributed by atoms with Crippen LogP contribution in [-0.4, -0.2) is 44.2 Å². The van der Waals surface area contributed by atoms with Gasteiger partial charge in [0.2, 0.25) is 0 Å². The number of nitrogens with two attached hydrogens (primary N) is 3. The molecule has 7 heteroatoms. The van der Waals surface area contributed by atoms with Crippen molar-refractivity contribution in [1.82, 2.24) is 4.90 Å². The van der Waals surface area contributed by atoms with E-state index in [0.29, 0.717) is 0 Å². The third kappa shape index (κ3) is 14.4. The monoisotopic (exact) mass is 656 g/mol. The predicted octanol–water partition coefficient (Wildman–Crippen LogP) is -8.41. The molecule has 0 aliphatic carbocycles. The van der Waals surface area contributed by atoms with E-state index in [4.69, 9.17) is 0 Å². The fraction of sp³-hybridized carbons (Fsp3) is 0.333. The van der Waals surface area contributed by atoms with Crippen LogP contribution in [0.1, 0.15) is 16.7 Å². The Bertz CT molecular complexity index is 710. The summed E-state index contributed by atoms with van der Waals surface area (Å²) in [5.41, 5.74) is 4.21. The predicted molar refractivity (Wildman–Crippen MR) is 127 cm³/mol. The van der Waals surface area contributed by atoms with E-state index >= 15 is 0 Å². The van der Waals surface area contributed by atoms with Gasteiger partial charge in [-0.2, -0.15) is 0 Å². The van der Waals surface area contributed by atoms with E-state index in [9.17, 15) is 0 Å². The van der Waals surface area contributed by atoms with Gasteiger partial charge in [-0.1, -0.05) is 91.0 Å². The zero-order valence-electron chi connectivity index (χ0n) is 19.8. The lowest BCUT2D eigenvalue weighted by molar-refractivity contribution is -0.678. The van der Waals surface area contributed by atoms with E-state index in [-0.39, 0.29) is 50.9 Å². The van der Waals surface area contributed by atoms with E-state index in [1.54, 1.807) is 0 Å². The van der Waals surface area contributed by atoms with Crippen molar-refractivity contribution < 1.29 is 66.9 Å². The highest BCUT2D eigenvalue weighted by Gasteiger charge is 2.08. The van der Waals surface area contributed by atoms with Gasteiger partial charge in [-0.05, 0) is 0 Å². The smallest absolute Gasteiger partial charge is 0.101 e. The van der Waals surface area contributed by atoms with Crippen LogP contribution in [0.25, 0.3) is 0 Å². The van der Waals surface area contributed by atoms with Gasteiger partial charge in [-0.3, -0.25) is 4.90 Å². The molecule has 188 valence electrons. The van der Waals surface area contributed by atoms with E-state index < -0.39 is 0 Å². The second-order valence-electron chi connectivity index (χ2n) is 8.14. The Morgan fingerprint density at radius 3 is 0.941 bits per heavy atom. The summed E-state index contributed by atoms with van der Waals surface area (Å²) in [6.45, 7) is 10.1. The zero-order chi connectivity index (χ0) is 21.4. The molecule has 0 heterocycles. The summed E-state index contributed by atoms with van der Waals surface area (Å²) in [4.78, 5) is 2.63. The highest BCUT2D eigenvalue weighted by atomic mass is 79.9. The molecule has 34 heavy (non-hydrogen) atoms. The van der Waals surface area contributed by atoms with Gasteiger partial charge in [0.05, 0.1) is 19.6 Å². The summed E-state index contributed by atoms with van der Waals surface area (Å²) in [7, 11) is 0. The molecule has 3 aromatic rings. The van der Waals surface area contributed by atoms with Crippen LogP contribution < -0.4 is 66.9 Å². The Kier molecular flexibility index (Phi) is 20.6. The van der Waals surface area contributed by atoms with Crippen molar-refractivity contribution in [3.63, 3.8) is 0 Å². The molecule has 6 N–H and O–H groups in total. The minimum Gasteiger partial charge on any atom is -1.00 e. The van der Waals surface area contributed by atoms with E-state index in [1.807, 2.05) is 0 Å². The standard InChI is InChI=1S/C27H36N4.3BrH/c1-4-10-25(11-5-1)22-28-16-19-31(20-17-29-23-26-12-6-2-7-13-26)21-18-30-24-27-14-8-3-9-15-27;;;/h1-15,28-30H,16-24H2;3*1H. The average molecular weight is 659 g/mol. The fourth-order valence-corrected chi connectivity index (χ4v) is 3.81. The van der Waals surface area contributed by atoms with Crippen molar-refractivity contribution in [2.24, 2.45) is 0 Å². The molecule has 0 bridgehead atoms. The summed E-state index contributed by atoms with van der Waals surface area (Å²) in [5.74, 6) is 0. The van der Waals surface area contributed by atoms with Crippen LogP contribution in [0.5, 0.6) is 0 Å². The van der Waals surface area contributed by atoms with Crippen molar-refractivity contribution in [2.75, 3.05) is 39.3 Å². The first-order valence-electron chi connectivity index (χ1n) is 11.7. The van der Waals surface area contributed by atoms with Gasteiger partial charge in [-0.25, -0.2) is 0 Å². The fourth-order valence-electron chi connectivity index (χ4n) is 3.81. The van der Waals surface area contributed by atoms with Crippen LogP contribution in [0.3, 0.4) is 0 Å². The van der Waals surface area contributed by atoms with Crippen LogP contribution in [0.2, 0.25) is 0 Å². The number of quaternary nitrogens is 3. The maximum atomic E-state index is 2.63. The maximum Gasteiger partial charge on any atom is 0.101 e. The van der Waals surface area contributed by atoms with Gasteiger partial charge in [0.1, 0.15) is 19.6 Å². The largest absolute Gasteiger partial charge is 1.00 e. The minimum atomic E-state index is 0. The second kappa shape index (κ2) is 21.2. The SMILES string of the molecule is [Br-].[Br-].[Br-].c1ccc(C[NH2+]CCN(CC[NH2+]Cc2ccccc2)CC[NH2+]Cc2ccccc2)cc1. The minimum absolute atomic E-state index is 0. The molecule has 4 nitrogen and oxygen atoms in total. The first kappa shape index (κ1) is 32.9. The van der Waals surface area contributed by atoms with Crippen molar-refractivity contribution in [3.8, 4) is 0 Å². The van der Waals surface area contributed by atoms with E-state index in [0.717, 1.165) is 58.9 Å². The zero-order valence-corrected chi connectivity index (χ0v) is 24.6. The van der Waals surface area contributed by atoms with Crippen LogP contribution in [0, 0.1) is 0 Å².